The number of imidazole rings is 1. The molecule has 2 amide bonds. The average Bonchev–Trinajstić information content (AvgIpc) is 3.78. The van der Waals surface area contributed by atoms with Gasteiger partial charge in [0.05, 0.1) is 33.0 Å². The van der Waals surface area contributed by atoms with Crippen molar-refractivity contribution in [2.75, 3.05) is 18.4 Å². The zero-order valence-corrected chi connectivity index (χ0v) is 27.6. The first kappa shape index (κ1) is 32.1. The minimum absolute atomic E-state index is 0.0852. The summed E-state index contributed by atoms with van der Waals surface area (Å²) < 4.78 is 7.63. The molecule has 0 saturated carbocycles. The lowest BCUT2D eigenvalue weighted by molar-refractivity contribution is -0.127. The van der Waals surface area contributed by atoms with E-state index in [1.54, 1.807) is 30.2 Å². The second-order valence-electron chi connectivity index (χ2n) is 13.1. The normalized spacial score (nSPS) is 15.6. The van der Waals surface area contributed by atoms with Gasteiger partial charge in [0, 0.05) is 33.1 Å². The van der Waals surface area contributed by atoms with Gasteiger partial charge in [0.2, 0.25) is 5.95 Å². The highest BCUT2D eigenvalue weighted by molar-refractivity contribution is 7.17. The zero-order valence-electron chi connectivity index (χ0n) is 26.8. The Bertz CT molecular complexity index is 1770. The van der Waals surface area contributed by atoms with Gasteiger partial charge in [0.1, 0.15) is 11.6 Å². The van der Waals surface area contributed by atoms with Crippen molar-refractivity contribution >= 4 is 40.1 Å². The van der Waals surface area contributed by atoms with Crippen LogP contribution in [0.5, 0.6) is 0 Å². The van der Waals surface area contributed by atoms with Gasteiger partial charge in [-0.15, -0.1) is 11.3 Å². The van der Waals surface area contributed by atoms with Crippen molar-refractivity contribution in [2.24, 2.45) is 11.3 Å². The predicted octanol–water partition coefficient (Wildman–Crippen LogP) is 6.55. The summed E-state index contributed by atoms with van der Waals surface area (Å²) in [5, 5.41) is 16.3. The van der Waals surface area contributed by atoms with Gasteiger partial charge in [-0.25, -0.2) is 9.97 Å². The molecule has 4 aromatic rings. The molecule has 4 heterocycles. The topological polar surface area (TPSA) is 129 Å². The molecule has 1 aromatic carbocycles. The molecule has 0 unspecified atom stereocenters. The Morgan fingerprint density at radius 1 is 1.24 bits per heavy atom. The number of carbonyl (C=O) groups is 2. The third-order valence-electron chi connectivity index (χ3n) is 7.60. The van der Waals surface area contributed by atoms with Crippen molar-refractivity contribution in [3.63, 3.8) is 0 Å². The minimum atomic E-state index is -0.280. The zero-order chi connectivity index (χ0) is 32.3. The second kappa shape index (κ2) is 13.4. The third kappa shape index (κ3) is 7.70. The van der Waals surface area contributed by atoms with Crippen molar-refractivity contribution in [2.45, 2.75) is 73.5 Å². The monoisotopic (exact) mass is 627 g/mol. The maximum absolute atomic E-state index is 13.5. The molecule has 236 valence electrons. The van der Waals surface area contributed by atoms with Crippen LogP contribution in [0.2, 0.25) is 0 Å². The van der Waals surface area contributed by atoms with E-state index < -0.39 is 0 Å². The van der Waals surface area contributed by atoms with Gasteiger partial charge in [-0.3, -0.25) is 14.9 Å². The minimum Gasteiger partial charge on any atom is -0.440 e. The molecule has 0 spiro atoms. The van der Waals surface area contributed by atoms with Gasteiger partial charge in [-0.05, 0) is 54.0 Å². The van der Waals surface area contributed by atoms with E-state index in [0.717, 1.165) is 40.9 Å². The highest BCUT2D eigenvalue weighted by Gasteiger charge is 2.32. The molecule has 1 saturated heterocycles. The summed E-state index contributed by atoms with van der Waals surface area (Å²) in [6.07, 6.45) is 5.01. The Balaban J connectivity index is 1.44. The Morgan fingerprint density at radius 2 is 2.04 bits per heavy atom. The molecule has 0 radical (unpaired) electrons. The van der Waals surface area contributed by atoms with E-state index in [-0.39, 0.29) is 34.8 Å². The number of aryl methyl sites for hydroxylation is 1. The number of benzene rings is 1. The summed E-state index contributed by atoms with van der Waals surface area (Å²) >= 11 is 1.32. The summed E-state index contributed by atoms with van der Waals surface area (Å²) in [5.74, 6) is 1.15. The molecule has 1 aliphatic rings. The van der Waals surface area contributed by atoms with Gasteiger partial charge >= 0.3 is 0 Å². The number of aromatic nitrogens is 3. The van der Waals surface area contributed by atoms with Crippen molar-refractivity contribution in [1.82, 2.24) is 24.8 Å². The Hall–Kier alpha value is -4.27. The van der Waals surface area contributed by atoms with Crippen LogP contribution in [0.4, 0.5) is 5.95 Å². The summed E-state index contributed by atoms with van der Waals surface area (Å²) in [6, 6.07) is 11.7. The SMILES string of the molecule is Cc1ncc(-c2ccc(C(=O)Nc3nc4cc(CNCC(C)(C)C)ccc4n3C[C@H]3CCCN3C(=O)C(C#N)=CC(C)C)s2)o1. The number of allylic oxidation sites excluding steroid dienone is 1. The van der Waals surface area contributed by atoms with E-state index in [0.29, 0.717) is 42.1 Å². The lowest BCUT2D eigenvalue weighted by Gasteiger charge is -2.26. The number of nitriles is 1. The Morgan fingerprint density at radius 3 is 2.73 bits per heavy atom. The predicted molar refractivity (Wildman–Crippen MR) is 177 cm³/mol. The van der Waals surface area contributed by atoms with E-state index >= 15 is 0 Å². The van der Waals surface area contributed by atoms with Crippen LogP contribution in [-0.4, -0.2) is 50.4 Å². The Labute approximate surface area is 268 Å². The van der Waals surface area contributed by atoms with E-state index in [1.165, 1.54) is 11.3 Å². The number of amides is 2. The maximum Gasteiger partial charge on any atom is 0.268 e. The summed E-state index contributed by atoms with van der Waals surface area (Å²) in [5.41, 5.74) is 3.06. The number of oxazole rings is 1. The van der Waals surface area contributed by atoms with Gasteiger partial charge < -0.3 is 19.2 Å². The molecular formula is C34H41N7O3S. The number of thiophene rings is 1. The van der Waals surface area contributed by atoms with Crippen LogP contribution in [0.1, 0.15) is 68.6 Å². The van der Waals surface area contributed by atoms with Crippen LogP contribution in [0, 0.1) is 29.6 Å². The molecule has 10 nitrogen and oxygen atoms in total. The molecule has 3 aromatic heterocycles. The average molecular weight is 628 g/mol. The number of likely N-dealkylation sites (tertiary alicyclic amines) is 1. The molecular weight excluding hydrogens is 586 g/mol. The summed E-state index contributed by atoms with van der Waals surface area (Å²) in [6.45, 7) is 14.9. The number of nitrogens with zero attached hydrogens (tertiary/aromatic N) is 5. The molecule has 2 N–H and O–H groups in total. The quantitative estimate of drug-likeness (QED) is 0.151. The highest BCUT2D eigenvalue weighted by atomic mass is 32.1. The summed E-state index contributed by atoms with van der Waals surface area (Å²) in [7, 11) is 0. The first-order valence-corrected chi connectivity index (χ1v) is 16.2. The van der Waals surface area contributed by atoms with E-state index in [9.17, 15) is 14.9 Å². The van der Waals surface area contributed by atoms with Crippen molar-refractivity contribution in [3.05, 3.63) is 64.5 Å². The van der Waals surface area contributed by atoms with Crippen LogP contribution in [0.15, 0.2) is 52.6 Å². The number of fused-ring (bicyclic) bond motifs is 1. The van der Waals surface area contributed by atoms with Crippen LogP contribution in [-0.2, 0) is 17.9 Å². The largest absolute Gasteiger partial charge is 0.440 e. The smallest absolute Gasteiger partial charge is 0.268 e. The fraction of sp³-hybridized carbons (Fsp3) is 0.441. The first-order valence-electron chi connectivity index (χ1n) is 15.4. The molecule has 45 heavy (non-hydrogen) atoms. The van der Waals surface area contributed by atoms with Gasteiger partial charge in [0.15, 0.2) is 11.7 Å². The maximum atomic E-state index is 13.5. The molecule has 1 fully saturated rings. The molecule has 0 bridgehead atoms. The van der Waals surface area contributed by atoms with Crippen LogP contribution in [0.25, 0.3) is 21.7 Å². The Kier molecular flexibility index (Phi) is 9.56. The van der Waals surface area contributed by atoms with E-state index in [1.807, 2.05) is 36.6 Å². The van der Waals surface area contributed by atoms with E-state index in [2.05, 4.69) is 48.5 Å². The van der Waals surface area contributed by atoms with Crippen molar-refractivity contribution in [1.29, 1.82) is 5.26 Å². The van der Waals surface area contributed by atoms with Gasteiger partial charge in [-0.1, -0.05) is 46.8 Å². The number of rotatable bonds is 10. The fourth-order valence-electron chi connectivity index (χ4n) is 5.53. The molecule has 1 atom stereocenters. The standard InChI is InChI=1S/C34H41N7O3S/c1-21(2)14-24(16-35)32(43)40-13-7-8-25(40)19-41-27-10-9-23(17-36-20-34(4,5)6)15-26(27)38-33(41)39-31(42)30-12-11-29(45-30)28-18-37-22(3)44-28/h9-12,14-15,18,21,25,36H,7-8,13,17,19-20H2,1-6H3,(H,38,39,42)/t25-/m1/s1. The lowest BCUT2D eigenvalue weighted by atomic mass is 9.97. The van der Waals surface area contributed by atoms with Crippen LogP contribution in [0.3, 0.4) is 0 Å². The number of hydrogen-bond acceptors (Lipinski definition) is 8. The van der Waals surface area contributed by atoms with Crippen LogP contribution < -0.4 is 10.6 Å². The number of carbonyl (C=O) groups excluding carboxylic acids is 2. The highest BCUT2D eigenvalue weighted by Crippen LogP contribution is 2.31. The molecule has 5 rings (SSSR count). The molecule has 0 aliphatic carbocycles. The number of nitrogens with one attached hydrogen (secondary N) is 2. The van der Waals surface area contributed by atoms with Crippen molar-refractivity contribution in [3.8, 4) is 16.7 Å². The first-order chi connectivity index (χ1) is 21.4. The fourth-order valence-corrected chi connectivity index (χ4v) is 6.37. The van der Waals surface area contributed by atoms with Crippen molar-refractivity contribution < 1.29 is 14.0 Å². The third-order valence-corrected chi connectivity index (χ3v) is 8.70. The van der Waals surface area contributed by atoms with Gasteiger partial charge in [-0.2, -0.15) is 5.26 Å². The number of hydrogen-bond donors (Lipinski definition) is 2. The van der Waals surface area contributed by atoms with E-state index in [4.69, 9.17) is 9.40 Å². The molecule has 1 aliphatic heterocycles. The van der Waals surface area contributed by atoms with Crippen LogP contribution >= 0.6 is 11.3 Å². The second-order valence-corrected chi connectivity index (χ2v) is 14.2. The molecule has 11 heteroatoms. The summed E-state index contributed by atoms with van der Waals surface area (Å²) in [4.78, 5) is 39.1. The van der Waals surface area contributed by atoms with Gasteiger partial charge in [0.25, 0.3) is 11.8 Å². The number of anilines is 1. The lowest BCUT2D eigenvalue weighted by Crippen LogP contribution is -2.39.